The van der Waals surface area contributed by atoms with Crippen molar-refractivity contribution >= 4 is 12.2 Å². The molecule has 0 aliphatic carbocycles. The highest BCUT2D eigenvalue weighted by molar-refractivity contribution is 5.68. The number of carbonyl (C=O) groups is 1. The van der Waals surface area contributed by atoms with Gasteiger partial charge in [0.15, 0.2) is 0 Å². The average molecular weight is 283 g/mol. The molecular weight excluding hydrogens is 264 g/mol. The second kappa shape index (κ2) is 6.50. The minimum atomic E-state index is -0.637. The number of carbonyl (C=O) groups excluding carboxylic acids is 1. The van der Waals surface area contributed by atoms with Gasteiger partial charge in [0.2, 0.25) is 0 Å². The summed E-state index contributed by atoms with van der Waals surface area (Å²) in [7, 11) is 0. The van der Waals surface area contributed by atoms with Gasteiger partial charge < -0.3 is 10.1 Å². The number of benzene rings is 1. The van der Waals surface area contributed by atoms with Crippen molar-refractivity contribution in [2.45, 2.75) is 33.3 Å². The van der Waals surface area contributed by atoms with Gasteiger partial charge in [-0.25, -0.2) is 13.6 Å². The van der Waals surface area contributed by atoms with Crippen LogP contribution in [0.4, 0.5) is 13.6 Å². The summed E-state index contributed by atoms with van der Waals surface area (Å²) >= 11 is 0. The summed E-state index contributed by atoms with van der Waals surface area (Å²) in [5, 5.41) is 2.47. The third-order valence-corrected chi connectivity index (χ3v) is 2.37. The van der Waals surface area contributed by atoms with Gasteiger partial charge in [-0.15, -0.1) is 0 Å². The van der Waals surface area contributed by atoms with Gasteiger partial charge in [0, 0.05) is 12.1 Å². The van der Waals surface area contributed by atoms with Gasteiger partial charge in [-0.05, 0) is 39.3 Å². The summed E-state index contributed by atoms with van der Waals surface area (Å²) in [6, 6.07) is 2.58. The van der Waals surface area contributed by atoms with E-state index in [0.717, 1.165) is 0 Å². The lowest BCUT2D eigenvalue weighted by molar-refractivity contribution is 0.0534. The highest BCUT2D eigenvalue weighted by Crippen LogP contribution is 2.17. The van der Waals surface area contributed by atoms with Gasteiger partial charge in [-0.3, -0.25) is 0 Å². The first-order valence-corrected chi connectivity index (χ1v) is 6.28. The Hall–Kier alpha value is -1.91. The molecule has 0 bridgehead atoms. The number of halogens is 2. The van der Waals surface area contributed by atoms with Crippen molar-refractivity contribution in [1.29, 1.82) is 0 Å². The zero-order valence-electron chi connectivity index (χ0n) is 12.1. The first-order valence-electron chi connectivity index (χ1n) is 6.28. The molecule has 0 unspecified atom stereocenters. The van der Waals surface area contributed by atoms with Gasteiger partial charge in [-0.2, -0.15) is 0 Å². The Balaban J connectivity index is 2.59. The van der Waals surface area contributed by atoms with Crippen LogP contribution in [0.1, 0.15) is 31.9 Å². The summed E-state index contributed by atoms with van der Waals surface area (Å²) in [6.07, 6.45) is 2.19. The Morgan fingerprint density at radius 1 is 1.35 bits per heavy atom. The molecule has 0 heterocycles. The van der Waals surface area contributed by atoms with Crippen molar-refractivity contribution in [1.82, 2.24) is 5.32 Å². The Kier molecular flexibility index (Phi) is 5.25. The highest BCUT2D eigenvalue weighted by Gasteiger charge is 2.15. The van der Waals surface area contributed by atoms with E-state index in [2.05, 4.69) is 5.32 Å². The van der Waals surface area contributed by atoms with Crippen molar-refractivity contribution in [3.05, 3.63) is 41.0 Å². The van der Waals surface area contributed by atoms with E-state index in [0.29, 0.717) is 5.56 Å². The summed E-state index contributed by atoms with van der Waals surface area (Å²) in [6.45, 7) is 6.94. The predicted octanol–water partition coefficient (Wildman–Crippen LogP) is 3.81. The molecule has 0 aliphatic rings. The lowest BCUT2D eigenvalue weighted by Gasteiger charge is -2.19. The Labute approximate surface area is 117 Å². The fraction of sp³-hybridized carbons (Fsp3) is 0.400. The molecule has 0 saturated carbocycles. The molecule has 0 saturated heterocycles. The molecular formula is C15H19F2NO2. The molecule has 0 fully saturated rings. The van der Waals surface area contributed by atoms with Crippen molar-refractivity contribution in [3.8, 4) is 0 Å². The van der Waals surface area contributed by atoms with Gasteiger partial charge in [0.05, 0.1) is 0 Å². The van der Waals surface area contributed by atoms with Gasteiger partial charge in [-0.1, -0.05) is 18.2 Å². The first-order chi connectivity index (χ1) is 9.20. The molecule has 0 aromatic heterocycles. The molecule has 1 N–H and O–H groups in total. The van der Waals surface area contributed by atoms with E-state index in [9.17, 15) is 13.6 Å². The molecule has 5 heteroatoms. The van der Waals surface area contributed by atoms with Crippen molar-refractivity contribution in [3.63, 3.8) is 0 Å². The maximum Gasteiger partial charge on any atom is 0.407 e. The van der Waals surface area contributed by atoms with Crippen LogP contribution >= 0.6 is 0 Å². The quantitative estimate of drug-likeness (QED) is 0.916. The average Bonchev–Trinajstić information content (AvgIpc) is 2.31. The number of amides is 1. The van der Waals surface area contributed by atoms with Crippen LogP contribution < -0.4 is 5.32 Å². The van der Waals surface area contributed by atoms with E-state index < -0.39 is 23.3 Å². The normalized spacial score (nSPS) is 11.7. The van der Waals surface area contributed by atoms with E-state index >= 15 is 0 Å². The van der Waals surface area contributed by atoms with Crippen LogP contribution in [0.3, 0.4) is 0 Å². The van der Waals surface area contributed by atoms with Crippen LogP contribution in [-0.4, -0.2) is 18.2 Å². The monoisotopic (exact) mass is 283 g/mol. The zero-order valence-corrected chi connectivity index (χ0v) is 12.1. The Bertz CT molecular complexity index is 519. The smallest absolute Gasteiger partial charge is 0.407 e. The zero-order chi connectivity index (χ0) is 15.3. The highest BCUT2D eigenvalue weighted by atomic mass is 19.1. The summed E-state index contributed by atoms with van der Waals surface area (Å²) in [5.41, 5.74) is -0.329. The fourth-order valence-corrected chi connectivity index (χ4v) is 1.46. The van der Waals surface area contributed by atoms with Crippen LogP contribution in [0.25, 0.3) is 6.08 Å². The SMILES string of the molecule is Cc1ccc(F)c(C=CCNC(=O)OC(C)(C)C)c1F. The summed E-state index contributed by atoms with van der Waals surface area (Å²) in [4.78, 5) is 11.3. The number of alkyl carbamates (subject to hydrolysis) is 1. The maximum atomic E-state index is 13.7. The molecule has 1 rings (SSSR count). The topological polar surface area (TPSA) is 38.3 Å². The van der Waals surface area contributed by atoms with E-state index in [1.165, 1.54) is 24.3 Å². The lowest BCUT2D eigenvalue weighted by atomic mass is 10.1. The Morgan fingerprint density at radius 2 is 2.00 bits per heavy atom. The second-order valence-corrected chi connectivity index (χ2v) is 5.38. The molecule has 0 spiro atoms. The fourth-order valence-electron chi connectivity index (χ4n) is 1.46. The van der Waals surface area contributed by atoms with Gasteiger partial charge in [0.25, 0.3) is 0 Å². The number of rotatable bonds is 3. The molecule has 0 aliphatic heterocycles. The molecule has 0 radical (unpaired) electrons. The summed E-state index contributed by atoms with van der Waals surface area (Å²) < 4.78 is 32.1. The first kappa shape index (κ1) is 16.1. The number of aryl methyl sites for hydroxylation is 1. The minimum Gasteiger partial charge on any atom is -0.444 e. The molecule has 20 heavy (non-hydrogen) atoms. The van der Waals surface area contributed by atoms with E-state index in [-0.39, 0.29) is 12.1 Å². The van der Waals surface area contributed by atoms with Crippen LogP contribution in [0.2, 0.25) is 0 Å². The number of hydrogen-bond acceptors (Lipinski definition) is 2. The van der Waals surface area contributed by atoms with Crippen LogP contribution in [0.5, 0.6) is 0 Å². The second-order valence-electron chi connectivity index (χ2n) is 5.38. The standard InChI is InChI=1S/C15H19F2NO2/c1-10-7-8-12(16)11(13(10)17)6-5-9-18-14(19)20-15(2,3)4/h5-8H,9H2,1-4H3,(H,18,19). The van der Waals surface area contributed by atoms with Crippen molar-refractivity contribution < 1.29 is 18.3 Å². The minimum absolute atomic E-state index is 0.115. The van der Waals surface area contributed by atoms with Gasteiger partial charge in [0.1, 0.15) is 17.2 Å². The van der Waals surface area contributed by atoms with Crippen LogP contribution in [0.15, 0.2) is 18.2 Å². The molecule has 1 aromatic carbocycles. The number of hydrogen-bond donors (Lipinski definition) is 1. The third kappa shape index (κ3) is 4.99. The number of nitrogens with one attached hydrogen (secondary N) is 1. The third-order valence-electron chi connectivity index (χ3n) is 2.37. The molecule has 110 valence electrons. The van der Waals surface area contributed by atoms with E-state index in [4.69, 9.17) is 4.74 Å². The largest absolute Gasteiger partial charge is 0.444 e. The predicted molar refractivity (Wildman–Crippen MR) is 74.4 cm³/mol. The number of ether oxygens (including phenoxy) is 1. The molecule has 1 aromatic rings. The van der Waals surface area contributed by atoms with E-state index in [1.54, 1.807) is 27.7 Å². The summed E-state index contributed by atoms with van der Waals surface area (Å²) in [5.74, 6) is -1.24. The van der Waals surface area contributed by atoms with Crippen molar-refractivity contribution in [2.24, 2.45) is 0 Å². The lowest BCUT2D eigenvalue weighted by Crippen LogP contribution is -2.32. The van der Waals surface area contributed by atoms with Crippen molar-refractivity contribution in [2.75, 3.05) is 6.54 Å². The van der Waals surface area contributed by atoms with E-state index in [1.807, 2.05) is 0 Å². The van der Waals surface area contributed by atoms with Crippen LogP contribution in [0, 0.1) is 18.6 Å². The van der Waals surface area contributed by atoms with Gasteiger partial charge >= 0.3 is 6.09 Å². The maximum absolute atomic E-state index is 13.7. The Morgan fingerprint density at radius 3 is 2.60 bits per heavy atom. The molecule has 3 nitrogen and oxygen atoms in total. The molecule has 0 atom stereocenters. The molecule has 1 amide bonds. The van der Waals surface area contributed by atoms with Crippen LogP contribution in [-0.2, 0) is 4.74 Å².